The Hall–Kier alpha value is -2.08. The zero-order valence-electron chi connectivity index (χ0n) is 11.4. The molecule has 0 aliphatic rings. The highest BCUT2D eigenvalue weighted by atomic mass is 32.2. The predicted octanol–water partition coefficient (Wildman–Crippen LogP) is 3.12. The number of hydrogen-bond acceptors (Lipinski definition) is 6. The predicted molar refractivity (Wildman–Crippen MR) is 77.0 cm³/mol. The summed E-state index contributed by atoms with van der Waals surface area (Å²) in [5.41, 5.74) is 1.35. The summed E-state index contributed by atoms with van der Waals surface area (Å²) in [5, 5.41) is 0.642. The molecule has 1 heterocycles. The molecule has 0 saturated heterocycles. The van der Waals surface area contributed by atoms with Crippen molar-refractivity contribution in [3.63, 3.8) is 0 Å². The fourth-order valence-electron chi connectivity index (χ4n) is 1.61. The Morgan fingerprint density at radius 2 is 2.00 bits per heavy atom. The third-order valence-corrected chi connectivity index (χ3v) is 3.08. The third-order valence-electron chi connectivity index (χ3n) is 2.53. The molecule has 0 radical (unpaired) electrons. The van der Waals surface area contributed by atoms with Crippen LogP contribution in [0.15, 0.2) is 29.4 Å². The van der Waals surface area contributed by atoms with E-state index in [4.69, 9.17) is 9.47 Å². The minimum absolute atomic E-state index is 0.444. The molecule has 0 fully saturated rings. The van der Waals surface area contributed by atoms with Crippen LogP contribution in [0.4, 0.5) is 0 Å². The standard InChI is InChI=1S/C14H14N2O3S/c1-9-6-13(16-14(15-9)20-3)19-11-5-4-10(8-17)7-12(11)18-2/h4-8H,1-3H3. The molecule has 0 saturated carbocycles. The smallest absolute Gasteiger partial charge is 0.223 e. The van der Waals surface area contributed by atoms with Crippen molar-refractivity contribution in [1.29, 1.82) is 0 Å². The molecule has 20 heavy (non-hydrogen) atoms. The fraction of sp³-hybridized carbons (Fsp3) is 0.214. The number of benzene rings is 1. The first-order chi connectivity index (χ1) is 9.66. The molecule has 0 N–H and O–H groups in total. The normalized spacial score (nSPS) is 10.2. The van der Waals surface area contributed by atoms with Gasteiger partial charge in [0.05, 0.1) is 7.11 Å². The third kappa shape index (κ3) is 3.27. The molecule has 0 atom stereocenters. The highest BCUT2D eigenvalue weighted by Gasteiger charge is 2.09. The summed E-state index contributed by atoms with van der Waals surface area (Å²) in [7, 11) is 1.52. The van der Waals surface area contributed by atoms with Gasteiger partial charge in [-0.15, -0.1) is 0 Å². The summed E-state index contributed by atoms with van der Waals surface area (Å²) in [4.78, 5) is 19.3. The van der Waals surface area contributed by atoms with Crippen LogP contribution in [0.25, 0.3) is 0 Å². The minimum atomic E-state index is 0.444. The van der Waals surface area contributed by atoms with Crippen molar-refractivity contribution < 1.29 is 14.3 Å². The zero-order chi connectivity index (χ0) is 14.5. The number of aryl methyl sites for hydroxylation is 1. The van der Waals surface area contributed by atoms with Crippen LogP contribution in [-0.4, -0.2) is 29.6 Å². The van der Waals surface area contributed by atoms with Gasteiger partial charge in [-0.1, -0.05) is 11.8 Å². The maximum Gasteiger partial charge on any atom is 0.223 e. The second-order valence-electron chi connectivity index (χ2n) is 3.96. The van der Waals surface area contributed by atoms with E-state index in [0.29, 0.717) is 28.1 Å². The van der Waals surface area contributed by atoms with Crippen LogP contribution < -0.4 is 9.47 Å². The molecule has 1 aromatic heterocycles. The highest BCUT2D eigenvalue weighted by molar-refractivity contribution is 7.98. The summed E-state index contributed by atoms with van der Waals surface area (Å²) in [5.74, 6) is 1.43. The average molecular weight is 290 g/mol. The van der Waals surface area contributed by atoms with E-state index in [2.05, 4.69) is 9.97 Å². The van der Waals surface area contributed by atoms with Gasteiger partial charge in [0.2, 0.25) is 5.88 Å². The maximum atomic E-state index is 10.8. The van der Waals surface area contributed by atoms with Crippen LogP contribution in [0.3, 0.4) is 0 Å². The van der Waals surface area contributed by atoms with Gasteiger partial charge in [-0.05, 0) is 31.4 Å². The molecule has 2 aromatic rings. The molecular formula is C14H14N2O3S. The van der Waals surface area contributed by atoms with E-state index >= 15 is 0 Å². The molecule has 0 aliphatic carbocycles. The van der Waals surface area contributed by atoms with Gasteiger partial charge in [0, 0.05) is 17.3 Å². The second-order valence-corrected chi connectivity index (χ2v) is 4.74. The Labute approximate surface area is 121 Å². The van der Waals surface area contributed by atoms with E-state index in [1.165, 1.54) is 18.9 Å². The van der Waals surface area contributed by atoms with Gasteiger partial charge in [0.15, 0.2) is 16.7 Å². The lowest BCUT2D eigenvalue weighted by molar-refractivity contribution is 0.112. The Bertz CT molecular complexity index is 632. The number of ether oxygens (including phenoxy) is 2. The van der Waals surface area contributed by atoms with E-state index in [9.17, 15) is 4.79 Å². The van der Waals surface area contributed by atoms with Gasteiger partial charge in [-0.2, -0.15) is 4.98 Å². The van der Waals surface area contributed by atoms with Gasteiger partial charge in [0.25, 0.3) is 0 Å². The number of aromatic nitrogens is 2. The Morgan fingerprint density at radius 3 is 2.65 bits per heavy atom. The molecule has 5 nitrogen and oxygen atoms in total. The van der Waals surface area contributed by atoms with Crippen molar-refractivity contribution >= 4 is 18.0 Å². The van der Waals surface area contributed by atoms with Gasteiger partial charge in [-0.25, -0.2) is 4.98 Å². The van der Waals surface area contributed by atoms with Crippen LogP contribution in [0.1, 0.15) is 16.1 Å². The summed E-state index contributed by atoms with van der Waals surface area (Å²) in [6, 6.07) is 6.70. The van der Waals surface area contributed by atoms with E-state index in [0.717, 1.165) is 12.0 Å². The largest absolute Gasteiger partial charge is 0.493 e. The van der Waals surface area contributed by atoms with Crippen molar-refractivity contribution in [2.75, 3.05) is 13.4 Å². The Kier molecular flexibility index (Phi) is 4.57. The first-order valence-corrected chi connectivity index (χ1v) is 7.09. The SMILES string of the molecule is COc1cc(C=O)ccc1Oc1cc(C)nc(SC)n1. The number of rotatable bonds is 5. The summed E-state index contributed by atoms with van der Waals surface area (Å²) in [6.07, 6.45) is 2.66. The van der Waals surface area contributed by atoms with E-state index < -0.39 is 0 Å². The lowest BCUT2D eigenvalue weighted by Crippen LogP contribution is -1.96. The van der Waals surface area contributed by atoms with Crippen LogP contribution in [0.5, 0.6) is 17.4 Å². The van der Waals surface area contributed by atoms with E-state index in [1.54, 1.807) is 24.3 Å². The molecule has 104 valence electrons. The average Bonchev–Trinajstić information content (AvgIpc) is 2.47. The monoisotopic (exact) mass is 290 g/mol. The number of thioether (sulfide) groups is 1. The molecule has 6 heteroatoms. The van der Waals surface area contributed by atoms with Crippen LogP contribution >= 0.6 is 11.8 Å². The van der Waals surface area contributed by atoms with Gasteiger partial charge in [0.1, 0.15) is 6.29 Å². The van der Waals surface area contributed by atoms with E-state index in [1.807, 2.05) is 13.2 Å². The molecule has 2 rings (SSSR count). The van der Waals surface area contributed by atoms with Crippen molar-refractivity contribution in [3.8, 4) is 17.4 Å². The number of methoxy groups -OCH3 is 1. The van der Waals surface area contributed by atoms with Crippen LogP contribution in [0, 0.1) is 6.92 Å². The van der Waals surface area contributed by atoms with Gasteiger partial charge >= 0.3 is 0 Å². The second kappa shape index (κ2) is 6.38. The summed E-state index contributed by atoms with van der Waals surface area (Å²) < 4.78 is 10.9. The first-order valence-electron chi connectivity index (χ1n) is 5.87. The molecule has 1 aromatic carbocycles. The van der Waals surface area contributed by atoms with Gasteiger partial charge < -0.3 is 9.47 Å². The molecule has 0 unspecified atom stereocenters. The molecule has 0 spiro atoms. The lowest BCUT2D eigenvalue weighted by Gasteiger charge is -2.10. The summed E-state index contributed by atoms with van der Waals surface area (Å²) >= 11 is 1.44. The molecule has 0 aliphatic heterocycles. The van der Waals surface area contributed by atoms with Crippen molar-refractivity contribution in [1.82, 2.24) is 9.97 Å². The molecule has 0 amide bonds. The van der Waals surface area contributed by atoms with E-state index in [-0.39, 0.29) is 0 Å². The quantitative estimate of drug-likeness (QED) is 0.479. The van der Waals surface area contributed by atoms with Crippen LogP contribution in [0.2, 0.25) is 0 Å². The fourth-order valence-corrected chi connectivity index (χ4v) is 2.03. The minimum Gasteiger partial charge on any atom is -0.493 e. The first kappa shape index (κ1) is 14.3. The Balaban J connectivity index is 2.34. The lowest BCUT2D eigenvalue weighted by atomic mass is 10.2. The number of aldehydes is 1. The highest BCUT2D eigenvalue weighted by Crippen LogP contribution is 2.31. The van der Waals surface area contributed by atoms with Crippen molar-refractivity contribution in [2.24, 2.45) is 0 Å². The number of nitrogens with zero attached hydrogens (tertiary/aromatic N) is 2. The Morgan fingerprint density at radius 1 is 1.20 bits per heavy atom. The topological polar surface area (TPSA) is 61.3 Å². The summed E-state index contributed by atoms with van der Waals surface area (Å²) in [6.45, 7) is 1.88. The van der Waals surface area contributed by atoms with Crippen molar-refractivity contribution in [3.05, 3.63) is 35.5 Å². The van der Waals surface area contributed by atoms with Crippen LogP contribution in [-0.2, 0) is 0 Å². The molecular weight excluding hydrogens is 276 g/mol. The number of hydrogen-bond donors (Lipinski definition) is 0. The number of carbonyl (C=O) groups is 1. The maximum absolute atomic E-state index is 10.8. The number of carbonyl (C=O) groups excluding carboxylic acids is 1. The van der Waals surface area contributed by atoms with Crippen molar-refractivity contribution in [2.45, 2.75) is 12.1 Å². The van der Waals surface area contributed by atoms with Gasteiger partial charge in [-0.3, -0.25) is 4.79 Å². The zero-order valence-corrected chi connectivity index (χ0v) is 12.2. The molecule has 0 bridgehead atoms.